The van der Waals surface area contributed by atoms with Gasteiger partial charge in [0.05, 0.1) is 18.9 Å². The van der Waals surface area contributed by atoms with Crippen molar-refractivity contribution in [1.82, 2.24) is 4.98 Å². The van der Waals surface area contributed by atoms with Gasteiger partial charge >= 0.3 is 0 Å². The molecule has 0 atom stereocenters. The van der Waals surface area contributed by atoms with Crippen LogP contribution in [0.4, 0.5) is 5.69 Å². The zero-order chi connectivity index (χ0) is 14.4. The third kappa shape index (κ3) is 3.88. The van der Waals surface area contributed by atoms with Crippen LogP contribution in [0.2, 0.25) is 0 Å². The van der Waals surface area contributed by atoms with Crippen molar-refractivity contribution in [2.75, 3.05) is 12.4 Å². The molecule has 0 radical (unpaired) electrons. The Morgan fingerprint density at radius 3 is 2.70 bits per heavy atom. The van der Waals surface area contributed by atoms with Crippen molar-refractivity contribution in [1.29, 1.82) is 0 Å². The molecule has 1 aromatic heterocycles. The van der Waals surface area contributed by atoms with Gasteiger partial charge in [-0.15, -0.1) is 0 Å². The van der Waals surface area contributed by atoms with Crippen LogP contribution in [0.3, 0.4) is 0 Å². The lowest BCUT2D eigenvalue weighted by Crippen LogP contribution is -2.07. The number of hydrogen-bond donors (Lipinski definition) is 1. The zero-order valence-corrected chi connectivity index (χ0v) is 12.1. The number of benzene rings is 1. The maximum atomic E-state index is 5.70. The van der Waals surface area contributed by atoms with E-state index in [0.29, 0.717) is 6.54 Å². The van der Waals surface area contributed by atoms with Crippen molar-refractivity contribution in [3.8, 4) is 11.5 Å². The smallest absolute Gasteiger partial charge is 0.161 e. The second-order valence-electron chi connectivity index (χ2n) is 4.75. The topological polar surface area (TPSA) is 43.4 Å². The molecular weight excluding hydrogens is 252 g/mol. The first kappa shape index (κ1) is 14.2. The Labute approximate surface area is 119 Å². The van der Waals surface area contributed by atoms with Crippen molar-refractivity contribution in [2.24, 2.45) is 0 Å². The maximum Gasteiger partial charge on any atom is 0.161 e. The highest BCUT2D eigenvalue weighted by atomic mass is 16.5. The molecule has 1 heterocycles. The van der Waals surface area contributed by atoms with Crippen LogP contribution in [0.25, 0.3) is 0 Å². The van der Waals surface area contributed by atoms with Gasteiger partial charge in [0.1, 0.15) is 0 Å². The van der Waals surface area contributed by atoms with E-state index in [2.05, 4.69) is 10.3 Å². The van der Waals surface area contributed by atoms with Crippen molar-refractivity contribution >= 4 is 5.69 Å². The number of anilines is 1. The van der Waals surface area contributed by atoms with Gasteiger partial charge in [-0.05, 0) is 43.7 Å². The van der Waals surface area contributed by atoms with Crippen LogP contribution in [-0.2, 0) is 6.54 Å². The van der Waals surface area contributed by atoms with Gasteiger partial charge in [-0.25, -0.2) is 0 Å². The Morgan fingerprint density at radius 1 is 1.20 bits per heavy atom. The highest BCUT2D eigenvalue weighted by Gasteiger charge is 2.07. The number of pyridine rings is 1. The van der Waals surface area contributed by atoms with Gasteiger partial charge in [0.15, 0.2) is 11.5 Å². The van der Waals surface area contributed by atoms with E-state index in [4.69, 9.17) is 9.47 Å². The number of ether oxygens (including phenoxy) is 2. The predicted molar refractivity (Wildman–Crippen MR) is 80.3 cm³/mol. The quantitative estimate of drug-likeness (QED) is 0.874. The van der Waals surface area contributed by atoms with E-state index in [-0.39, 0.29) is 6.10 Å². The summed E-state index contributed by atoms with van der Waals surface area (Å²) in [6.07, 6.45) is 3.68. The van der Waals surface area contributed by atoms with Gasteiger partial charge in [-0.3, -0.25) is 4.98 Å². The lowest BCUT2D eigenvalue weighted by Gasteiger charge is -2.15. The van der Waals surface area contributed by atoms with Gasteiger partial charge in [0.25, 0.3) is 0 Å². The van der Waals surface area contributed by atoms with Crippen LogP contribution < -0.4 is 14.8 Å². The number of methoxy groups -OCH3 is 1. The highest BCUT2D eigenvalue weighted by molar-refractivity contribution is 5.45. The van der Waals surface area contributed by atoms with Crippen LogP contribution in [0, 0.1) is 0 Å². The molecule has 4 nitrogen and oxygen atoms in total. The van der Waals surface area contributed by atoms with Crippen molar-refractivity contribution < 1.29 is 9.47 Å². The molecule has 0 amide bonds. The van der Waals surface area contributed by atoms with E-state index in [1.807, 2.05) is 44.2 Å². The summed E-state index contributed by atoms with van der Waals surface area (Å²) in [7, 11) is 1.65. The van der Waals surface area contributed by atoms with E-state index in [0.717, 1.165) is 22.7 Å². The summed E-state index contributed by atoms with van der Waals surface area (Å²) in [5.41, 5.74) is 2.12. The largest absolute Gasteiger partial charge is 0.493 e. The first-order valence-corrected chi connectivity index (χ1v) is 6.66. The first-order chi connectivity index (χ1) is 9.69. The van der Waals surface area contributed by atoms with E-state index in [1.54, 1.807) is 19.5 Å². The molecule has 1 aromatic carbocycles. The van der Waals surface area contributed by atoms with Crippen molar-refractivity contribution in [3.05, 3.63) is 48.3 Å². The molecule has 4 heteroatoms. The van der Waals surface area contributed by atoms with E-state index in [9.17, 15) is 0 Å². The Hall–Kier alpha value is -2.23. The number of nitrogens with zero attached hydrogens (tertiary/aromatic N) is 1. The zero-order valence-electron chi connectivity index (χ0n) is 12.1. The Morgan fingerprint density at radius 2 is 2.05 bits per heavy atom. The third-order valence-electron chi connectivity index (χ3n) is 2.75. The molecule has 106 valence electrons. The third-order valence-corrected chi connectivity index (χ3v) is 2.75. The summed E-state index contributed by atoms with van der Waals surface area (Å²) < 4.78 is 11.1. The molecule has 0 aliphatic carbocycles. The van der Waals surface area contributed by atoms with Gasteiger partial charge in [-0.1, -0.05) is 6.07 Å². The lowest BCUT2D eigenvalue weighted by atomic mass is 10.2. The summed E-state index contributed by atoms with van der Waals surface area (Å²) in [6, 6.07) is 9.85. The van der Waals surface area contributed by atoms with Gasteiger partial charge < -0.3 is 14.8 Å². The molecule has 2 aromatic rings. The molecular formula is C16H20N2O2. The normalized spacial score (nSPS) is 10.4. The van der Waals surface area contributed by atoms with E-state index < -0.39 is 0 Å². The summed E-state index contributed by atoms with van der Waals surface area (Å²) in [5, 5.41) is 3.31. The van der Waals surface area contributed by atoms with Gasteiger partial charge in [-0.2, -0.15) is 0 Å². The predicted octanol–water partition coefficient (Wildman–Crippen LogP) is 3.49. The Balaban J connectivity index is 2.05. The fraction of sp³-hybridized carbons (Fsp3) is 0.312. The maximum absolute atomic E-state index is 5.70. The van der Waals surface area contributed by atoms with Crippen LogP contribution in [-0.4, -0.2) is 18.2 Å². The summed E-state index contributed by atoms with van der Waals surface area (Å²) >= 11 is 0. The molecule has 2 rings (SSSR count). The minimum absolute atomic E-state index is 0.128. The van der Waals surface area contributed by atoms with Crippen molar-refractivity contribution in [3.63, 3.8) is 0 Å². The summed E-state index contributed by atoms with van der Waals surface area (Å²) in [6.45, 7) is 4.71. The fourth-order valence-corrected chi connectivity index (χ4v) is 1.84. The second-order valence-corrected chi connectivity index (χ2v) is 4.75. The highest BCUT2D eigenvalue weighted by Crippen LogP contribution is 2.29. The average molecular weight is 272 g/mol. The molecule has 0 aliphatic heterocycles. The molecule has 0 bridgehead atoms. The second kappa shape index (κ2) is 6.80. The number of nitrogens with one attached hydrogen (secondary N) is 1. The lowest BCUT2D eigenvalue weighted by molar-refractivity contribution is 0.230. The Kier molecular flexibility index (Phi) is 4.82. The SMILES string of the molecule is COc1cc(CNc2cccnc2)ccc1OC(C)C. The average Bonchev–Trinajstić information content (AvgIpc) is 2.46. The molecule has 0 fully saturated rings. The molecule has 0 saturated carbocycles. The van der Waals surface area contributed by atoms with Crippen LogP contribution in [0.1, 0.15) is 19.4 Å². The minimum Gasteiger partial charge on any atom is -0.493 e. The standard InChI is InChI=1S/C16H20N2O2/c1-12(2)20-15-7-6-13(9-16(15)19-3)10-18-14-5-4-8-17-11-14/h4-9,11-12,18H,10H2,1-3H3. The number of aromatic nitrogens is 1. The fourth-order valence-electron chi connectivity index (χ4n) is 1.84. The monoisotopic (exact) mass is 272 g/mol. The summed E-state index contributed by atoms with van der Waals surface area (Å²) in [5.74, 6) is 1.52. The molecule has 1 N–H and O–H groups in total. The van der Waals surface area contributed by atoms with Crippen molar-refractivity contribution in [2.45, 2.75) is 26.5 Å². The molecule has 0 saturated heterocycles. The molecule has 0 spiro atoms. The molecule has 20 heavy (non-hydrogen) atoms. The molecule has 0 unspecified atom stereocenters. The van der Waals surface area contributed by atoms with Gasteiger partial charge in [0, 0.05) is 18.9 Å². The first-order valence-electron chi connectivity index (χ1n) is 6.66. The number of hydrogen-bond acceptors (Lipinski definition) is 4. The minimum atomic E-state index is 0.128. The van der Waals surface area contributed by atoms with Crippen LogP contribution in [0.5, 0.6) is 11.5 Å². The number of rotatable bonds is 6. The molecule has 0 aliphatic rings. The van der Waals surface area contributed by atoms with E-state index >= 15 is 0 Å². The van der Waals surface area contributed by atoms with E-state index in [1.165, 1.54) is 0 Å². The van der Waals surface area contributed by atoms with Crippen LogP contribution in [0.15, 0.2) is 42.7 Å². The Bertz CT molecular complexity index is 541. The summed E-state index contributed by atoms with van der Waals surface area (Å²) in [4.78, 5) is 4.07. The van der Waals surface area contributed by atoms with Gasteiger partial charge in [0.2, 0.25) is 0 Å². The van der Waals surface area contributed by atoms with Crippen LogP contribution >= 0.6 is 0 Å².